The first-order valence-electron chi connectivity index (χ1n) is 18.3. The molecule has 14 nitrogen and oxygen atoms in total. The summed E-state index contributed by atoms with van der Waals surface area (Å²) in [4.78, 5) is 56.9. The number of rotatable bonds is 19. The molecule has 0 spiro atoms. The second-order valence-electron chi connectivity index (χ2n) is 14.6. The van der Waals surface area contributed by atoms with E-state index in [1.165, 1.54) is 18.4 Å². The molecular weight excluding hydrogens is 650 g/mol. The lowest BCUT2D eigenvalue weighted by molar-refractivity contribution is -0.198. The van der Waals surface area contributed by atoms with Gasteiger partial charge in [0, 0.05) is 19.4 Å². The highest BCUT2D eigenvalue weighted by molar-refractivity contribution is 6.01. The number of ether oxygens (including phenoxy) is 4. The van der Waals surface area contributed by atoms with E-state index in [1.54, 1.807) is 0 Å². The first kappa shape index (κ1) is 38.3. The van der Waals surface area contributed by atoms with Gasteiger partial charge in [-0.1, -0.05) is 24.6 Å². The van der Waals surface area contributed by atoms with E-state index in [9.17, 15) is 24.3 Å². The number of amides is 3. The number of hydrogen-bond acceptors (Lipinski definition) is 12. The summed E-state index contributed by atoms with van der Waals surface area (Å²) in [6, 6.07) is 0. The maximum absolute atomic E-state index is 12.2. The van der Waals surface area contributed by atoms with Crippen LogP contribution in [0.4, 0.5) is 0 Å². The maximum atomic E-state index is 12.2. The Hall–Kier alpha value is -2.91. The highest BCUT2D eigenvalue weighted by Gasteiger charge is 2.58. The van der Waals surface area contributed by atoms with Gasteiger partial charge in [-0.15, -0.1) is 5.06 Å². The van der Waals surface area contributed by atoms with Gasteiger partial charge < -0.3 is 39.0 Å². The third-order valence-corrected chi connectivity index (χ3v) is 11.6. The highest BCUT2D eigenvalue weighted by atomic mass is 16.7. The summed E-state index contributed by atoms with van der Waals surface area (Å²) in [7, 11) is 0. The summed E-state index contributed by atoms with van der Waals surface area (Å²) < 4.78 is 21.6. The number of hydrogen-bond donors (Lipinski definition) is 2. The van der Waals surface area contributed by atoms with Gasteiger partial charge in [0.05, 0.1) is 71.1 Å². The van der Waals surface area contributed by atoms with E-state index in [0.29, 0.717) is 69.0 Å². The molecule has 4 aliphatic carbocycles. The molecular formula is C36H55N3O11. The van der Waals surface area contributed by atoms with Crippen LogP contribution in [0.15, 0.2) is 16.8 Å². The van der Waals surface area contributed by atoms with Crippen molar-refractivity contribution in [2.75, 3.05) is 66.0 Å². The van der Waals surface area contributed by atoms with Crippen molar-refractivity contribution in [1.82, 2.24) is 10.4 Å². The molecule has 4 fully saturated rings. The van der Waals surface area contributed by atoms with Crippen LogP contribution >= 0.6 is 0 Å². The van der Waals surface area contributed by atoms with Gasteiger partial charge >= 0.3 is 5.97 Å². The van der Waals surface area contributed by atoms with E-state index in [2.05, 4.69) is 30.4 Å². The fraction of sp³-hybridized carbons (Fsp3) is 0.806. The number of carbonyl (C=O) groups excluding carboxylic acids is 4. The van der Waals surface area contributed by atoms with Gasteiger partial charge in [-0.3, -0.25) is 14.4 Å². The minimum absolute atomic E-state index is 0.0545. The lowest BCUT2D eigenvalue weighted by atomic mass is 9.47. The average Bonchev–Trinajstić information content (AvgIpc) is 3.58. The number of oxime groups is 1. The molecule has 0 aromatic carbocycles. The van der Waals surface area contributed by atoms with Crippen molar-refractivity contribution in [2.24, 2.45) is 33.7 Å². The van der Waals surface area contributed by atoms with Crippen molar-refractivity contribution in [3.8, 4) is 0 Å². The number of aliphatic hydroxyl groups is 1. The van der Waals surface area contributed by atoms with Crippen LogP contribution < -0.4 is 5.32 Å². The standard InChI is InChI=1S/C36H55N3O11/c1-35-12-9-26(23-25(35)3-4-27-28-5-6-30(40)36(28,2)13-10-29(27)35)38-49-24-31(41)37-14-16-46-18-20-48-22-21-47-19-17-45-15-11-34(44)50-39-32(42)7-8-33(39)43/h23,27-30,40H,3-22,24H2,1-2H3,(H,37,41)/b38-26+. The molecule has 0 aromatic rings. The van der Waals surface area contributed by atoms with Gasteiger partial charge in [0.1, 0.15) is 0 Å². The Morgan fingerprint density at radius 1 is 0.840 bits per heavy atom. The van der Waals surface area contributed by atoms with Crippen LogP contribution in [0.1, 0.15) is 84.5 Å². The van der Waals surface area contributed by atoms with E-state index >= 15 is 0 Å². The minimum Gasteiger partial charge on any atom is -0.393 e. The molecule has 5 aliphatic rings. The number of carbonyl (C=O) groups is 4. The highest BCUT2D eigenvalue weighted by Crippen LogP contribution is 2.65. The largest absolute Gasteiger partial charge is 0.393 e. The molecule has 3 saturated carbocycles. The number of imide groups is 1. The molecule has 14 heteroatoms. The number of fused-ring (bicyclic) bond motifs is 5. The van der Waals surface area contributed by atoms with Gasteiger partial charge in [-0.05, 0) is 86.0 Å². The fourth-order valence-corrected chi connectivity index (χ4v) is 8.83. The second kappa shape index (κ2) is 18.0. The Labute approximate surface area is 294 Å². The molecule has 280 valence electrons. The van der Waals surface area contributed by atoms with Crippen molar-refractivity contribution in [3.05, 3.63) is 11.6 Å². The Bertz CT molecular complexity index is 1260. The van der Waals surface area contributed by atoms with Gasteiger partial charge in [-0.25, -0.2) is 4.79 Å². The van der Waals surface area contributed by atoms with Crippen molar-refractivity contribution in [2.45, 2.75) is 90.6 Å². The first-order chi connectivity index (χ1) is 24.1. The van der Waals surface area contributed by atoms with E-state index in [1.807, 2.05) is 0 Å². The van der Waals surface area contributed by atoms with Crippen molar-refractivity contribution in [3.63, 3.8) is 0 Å². The van der Waals surface area contributed by atoms with Crippen LogP contribution in [0.5, 0.6) is 0 Å². The van der Waals surface area contributed by atoms with Crippen molar-refractivity contribution < 1.29 is 52.9 Å². The summed E-state index contributed by atoms with van der Waals surface area (Å²) in [5.41, 5.74) is 2.68. The lowest BCUT2D eigenvalue weighted by Crippen LogP contribution is -2.51. The SMILES string of the molecule is CC12CC/C(=N\OCC(=O)NCCOCCOCCOCCOCCC(=O)ON3C(=O)CCC3=O)C=C1CCC1C2CCC2(C)C(O)CCC12. The quantitative estimate of drug-likeness (QED) is 0.115. The third kappa shape index (κ3) is 9.49. The van der Waals surface area contributed by atoms with Gasteiger partial charge in [-0.2, -0.15) is 0 Å². The maximum Gasteiger partial charge on any atom is 0.335 e. The Morgan fingerprint density at radius 2 is 1.50 bits per heavy atom. The molecule has 3 amide bonds. The van der Waals surface area contributed by atoms with Crippen molar-refractivity contribution in [1.29, 1.82) is 0 Å². The molecule has 50 heavy (non-hydrogen) atoms. The van der Waals surface area contributed by atoms with Gasteiger partial charge in [0.15, 0.2) is 6.61 Å². The zero-order valence-electron chi connectivity index (χ0n) is 29.7. The van der Waals surface area contributed by atoms with E-state index in [0.717, 1.165) is 44.2 Å². The Kier molecular flexibility index (Phi) is 13.8. The Balaban J connectivity index is 0.831. The van der Waals surface area contributed by atoms with E-state index in [-0.39, 0.29) is 61.9 Å². The summed E-state index contributed by atoms with van der Waals surface area (Å²) in [5.74, 6) is 0.0302. The molecule has 6 atom stereocenters. The van der Waals surface area contributed by atoms with E-state index in [4.69, 9.17) is 28.6 Å². The third-order valence-electron chi connectivity index (χ3n) is 11.6. The predicted octanol–water partition coefficient (Wildman–Crippen LogP) is 2.86. The molecule has 2 N–H and O–H groups in total. The fourth-order valence-electron chi connectivity index (χ4n) is 8.83. The lowest BCUT2D eigenvalue weighted by Gasteiger charge is -2.57. The average molecular weight is 706 g/mol. The zero-order valence-corrected chi connectivity index (χ0v) is 29.7. The topological polar surface area (TPSA) is 172 Å². The number of aliphatic hydroxyl groups excluding tert-OH is 1. The summed E-state index contributed by atoms with van der Waals surface area (Å²) in [5, 5.41) is 18.3. The smallest absolute Gasteiger partial charge is 0.335 e. The zero-order chi connectivity index (χ0) is 35.6. The molecule has 0 bridgehead atoms. The Morgan fingerprint density at radius 3 is 2.20 bits per heavy atom. The summed E-state index contributed by atoms with van der Waals surface area (Å²) >= 11 is 0. The normalized spacial score (nSPS) is 31.2. The molecule has 0 aromatic heterocycles. The monoisotopic (exact) mass is 705 g/mol. The molecule has 6 unspecified atom stereocenters. The van der Waals surface area contributed by atoms with Crippen LogP contribution in [-0.2, 0) is 47.8 Å². The molecule has 0 radical (unpaired) electrons. The van der Waals surface area contributed by atoms with Gasteiger partial charge in [0.25, 0.3) is 17.7 Å². The minimum atomic E-state index is -0.705. The summed E-state index contributed by atoms with van der Waals surface area (Å²) in [6.07, 6.45) is 10.7. The van der Waals surface area contributed by atoms with Crippen molar-refractivity contribution >= 4 is 29.4 Å². The second-order valence-corrected chi connectivity index (χ2v) is 14.6. The summed E-state index contributed by atoms with van der Waals surface area (Å²) in [6.45, 7) is 7.53. The molecule has 1 aliphatic heterocycles. The van der Waals surface area contributed by atoms with Crippen LogP contribution in [0.25, 0.3) is 0 Å². The predicted molar refractivity (Wildman–Crippen MR) is 179 cm³/mol. The first-order valence-corrected chi connectivity index (χ1v) is 18.3. The van der Waals surface area contributed by atoms with Crippen LogP contribution in [0.2, 0.25) is 0 Å². The van der Waals surface area contributed by atoms with Crippen LogP contribution in [0.3, 0.4) is 0 Å². The van der Waals surface area contributed by atoms with Crippen LogP contribution in [-0.4, -0.2) is 112 Å². The molecule has 1 heterocycles. The molecule has 5 rings (SSSR count). The number of hydroxylamine groups is 2. The number of nitrogens with one attached hydrogen (secondary N) is 1. The van der Waals surface area contributed by atoms with Crippen LogP contribution in [0, 0.1) is 28.6 Å². The molecule has 1 saturated heterocycles. The number of allylic oxidation sites excluding steroid dienone is 2. The van der Waals surface area contributed by atoms with Gasteiger partial charge in [0.2, 0.25) is 0 Å². The van der Waals surface area contributed by atoms with E-state index < -0.39 is 17.8 Å². The number of nitrogens with zero attached hydrogens (tertiary/aromatic N) is 2.